The molecular weight excluding hydrogens is 350 g/mol. The van der Waals surface area contributed by atoms with E-state index >= 15 is 0 Å². The maximum atomic E-state index is 13.7. The number of benzene rings is 2. The zero-order valence-electron chi connectivity index (χ0n) is 14.3. The standard InChI is InChI=1S/C21H16F2N2O2/c22-17-7-2-8-18(23)19(17)21(26)25-12-15-10-13-4-1-6-16(20(13)27-15)14-5-3-9-24-11-14/h1-9,11,15H,10,12H2,(H,25,26)/t15-/m1/s1. The number of amides is 1. The highest BCUT2D eigenvalue weighted by Crippen LogP contribution is 2.38. The molecule has 1 atom stereocenters. The summed E-state index contributed by atoms with van der Waals surface area (Å²) >= 11 is 0. The molecule has 4 rings (SSSR count). The number of hydrogen-bond acceptors (Lipinski definition) is 3. The Bertz CT molecular complexity index is 972. The summed E-state index contributed by atoms with van der Waals surface area (Å²) in [7, 11) is 0. The summed E-state index contributed by atoms with van der Waals surface area (Å²) in [5, 5.41) is 2.56. The highest BCUT2D eigenvalue weighted by Gasteiger charge is 2.27. The van der Waals surface area contributed by atoms with Gasteiger partial charge >= 0.3 is 0 Å². The van der Waals surface area contributed by atoms with E-state index in [9.17, 15) is 13.6 Å². The first kappa shape index (κ1) is 17.1. The first-order valence-electron chi connectivity index (χ1n) is 8.54. The van der Waals surface area contributed by atoms with Crippen molar-refractivity contribution in [3.63, 3.8) is 0 Å². The average molecular weight is 366 g/mol. The highest BCUT2D eigenvalue weighted by molar-refractivity contribution is 5.94. The quantitative estimate of drug-likeness (QED) is 0.765. The number of carbonyl (C=O) groups excluding carboxylic acids is 1. The Balaban J connectivity index is 1.47. The molecule has 27 heavy (non-hydrogen) atoms. The number of halogens is 2. The number of fused-ring (bicyclic) bond motifs is 1. The molecule has 0 radical (unpaired) electrons. The normalized spacial score (nSPS) is 15.1. The maximum absolute atomic E-state index is 13.7. The number of aromatic nitrogens is 1. The summed E-state index contributed by atoms with van der Waals surface area (Å²) in [6.45, 7) is 0.147. The molecule has 136 valence electrons. The maximum Gasteiger partial charge on any atom is 0.257 e. The Kier molecular flexibility index (Phi) is 4.54. The van der Waals surface area contributed by atoms with Crippen LogP contribution < -0.4 is 10.1 Å². The largest absolute Gasteiger partial charge is 0.487 e. The molecule has 3 aromatic rings. The van der Waals surface area contributed by atoms with Gasteiger partial charge < -0.3 is 10.1 Å². The summed E-state index contributed by atoms with van der Waals surface area (Å²) in [6, 6.07) is 13.0. The predicted octanol–water partition coefficient (Wildman–Crippen LogP) is 3.76. The van der Waals surface area contributed by atoms with Crippen molar-refractivity contribution in [1.29, 1.82) is 0 Å². The van der Waals surface area contributed by atoms with E-state index in [2.05, 4.69) is 10.3 Å². The smallest absolute Gasteiger partial charge is 0.257 e. The number of pyridine rings is 1. The van der Waals surface area contributed by atoms with E-state index in [1.807, 2.05) is 30.3 Å². The second-order valence-electron chi connectivity index (χ2n) is 6.29. The van der Waals surface area contributed by atoms with Crippen LogP contribution in [-0.2, 0) is 6.42 Å². The number of nitrogens with one attached hydrogen (secondary N) is 1. The SMILES string of the molecule is O=C(NC[C@H]1Cc2cccc(-c3cccnc3)c2O1)c1c(F)cccc1F. The first-order valence-corrected chi connectivity index (χ1v) is 8.54. The molecule has 0 aliphatic carbocycles. The van der Waals surface area contributed by atoms with Crippen molar-refractivity contribution in [2.45, 2.75) is 12.5 Å². The van der Waals surface area contributed by atoms with Gasteiger partial charge in [-0.2, -0.15) is 0 Å². The second-order valence-corrected chi connectivity index (χ2v) is 6.29. The van der Waals surface area contributed by atoms with Gasteiger partial charge in [0.15, 0.2) is 0 Å². The van der Waals surface area contributed by atoms with Crippen LogP contribution in [0.2, 0.25) is 0 Å². The molecule has 1 amide bonds. The Morgan fingerprint density at radius 1 is 1.11 bits per heavy atom. The van der Waals surface area contributed by atoms with Crippen LogP contribution in [0.4, 0.5) is 8.78 Å². The zero-order chi connectivity index (χ0) is 18.8. The lowest BCUT2D eigenvalue weighted by Crippen LogP contribution is -2.35. The fraction of sp³-hybridized carbons (Fsp3) is 0.143. The van der Waals surface area contributed by atoms with Gasteiger partial charge in [0.05, 0.1) is 6.54 Å². The van der Waals surface area contributed by atoms with E-state index in [1.165, 1.54) is 6.07 Å². The molecule has 0 unspecified atom stereocenters. The van der Waals surface area contributed by atoms with E-state index in [0.29, 0.717) is 6.42 Å². The number of ether oxygens (including phenoxy) is 1. The van der Waals surface area contributed by atoms with Gasteiger partial charge in [0, 0.05) is 29.9 Å². The first-order chi connectivity index (χ1) is 13.1. The van der Waals surface area contributed by atoms with Crippen LogP contribution >= 0.6 is 0 Å². The predicted molar refractivity (Wildman–Crippen MR) is 96.5 cm³/mol. The monoisotopic (exact) mass is 366 g/mol. The molecular formula is C21H16F2N2O2. The number of rotatable bonds is 4. The van der Waals surface area contributed by atoms with Gasteiger partial charge in [-0.15, -0.1) is 0 Å². The zero-order valence-corrected chi connectivity index (χ0v) is 14.3. The van der Waals surface area contributed by atoms with E-state index in [1.54, 1.807) is 12.4 Å². The minimum Gasteiger partial charge on any atom is -0.487 e. The number of carbonyl (C=O) groups is 1. The van der Waals surface area contributed by atoms with Gasteiger partial charge in [0.2, 0.25) is 0 Å². The molecule has 6 heteroatoms. The lowest BCUT2D eigenvalue weighted by Gasteiger charge is -2.14. The number of para-hydroxylation sites is 1. The fourth-order valence-electron chi connectivity index (χ4n) is 3.21. The Hall–Kier alpha value is -3.28. The molecule has 2 heterocycles. The van der Waals surface area contributed by atoms with Gasteiger partial charge in [0.25, 0.3) is 5.91 Å². The average Bonchev–Trinajstić information content (AvgIpc) is 3.10. The molecule has 0 bridgehead atoms. The second kappa shape index (κ2) is 7.15. The van der Waals surface area contributed by atoms with Gasteiger partial charge in [-0.1, -0.05) is 30.3 Å². The minimum atomic E-state index is -0.887. The molecule has 0 spiro atoms. The fourth-order valence-corrected chi connectivity index (χ4v) is 3.21. The highest BCUT2D eigenvalue weighted by atomic mass is 19.1. The van der Waals surface area contributed by atoms with E-state index in [0.717, 1.165) is 34.6 Å². The van der Waals surface area contributed by atoms with Crippen LogP contribution in [-0.4, -0.2) is 23.5 Å². The summed E-state index contributed by atoms with van der Waals surface area (Å²) in [4.78, 5) is 16.3. The van der Waals surface area contributed by atoms with Crippen LogP contribution in [0.3, 0.4) is 0 Å². The molecule has 2 aromatic carbocycles. The Labute approximate surface area is 154 Å². The third-order valence-electron chi connectivity index (χ3n) is 4.48. The van der Waals surface area contributed by atoms with Crippen LogP contribution in [0.15, 0.2) is 60.9 Å². The Morgan fingerprint density at radius 2 is 1.89 bits per heavy atom. The van der Waals surface area contributed by atoms with Gasteiger partial charge in [-0.05, 0) is 23.8 Å². The lowest BCUT2D eigenvalue weighted by atomic mass is 10.0. The van der Waals surface area contributed by atoms with Crippen molar-refractivity contribution in [2.24, 2.45) is 0 Å². The van der Waals surface area contributed by atoms with E-state index < -0.39 is 23.1 Å². The summed E-state index contributed by atoms with van der Waals surface area (Å²) < 4.78 is 33.4. The van der Waals surface area contributed by atoms with Crippen LogP contribution in [0.5, 0.6) is 5.75 Å². The van der Waals surface area contributed by atoms with Crippen LogP contribution in [0, 0.1) is 11.6 Å². The van der Waals surface area contributed by atoms with Crippen molar-refractivity contribution >= 4 is 5.91 Å². The molecule has 1 aliphatic heterocycles. The Morgan fingerprint density at radius 3 is 2.63 bits per heavy atom. The van der Waals surface area contributed by atoms with Crippen molar-refractivity contribution in [3.8, 4) is 16.9 Å². The summed E-state index contributed by atoms with van der Waals surface area (Å²) in [5.41, 5.74) is 2.30. The minimum absolute atomic E-state index is 0.147. The molecule has 0 saturated heterocycles. The summed E-state index contributed by atoms with van der Waals surface area (Å²) in [6.07, 6.45) is 3.75. The van der Waals surface area contributed by atoms with Gasteiger partial charge in [0.1, 0.15) is 29.1 Å². The molecule has 1 aromatic heterocycles. The third-order valence-corrected chi connectivity index (χ3v) is 4.48. The van der Waals surface area contributed by atoms with Crippen molar-refractivity contribution < 1.29 is 18.3 Å². The van der Waals surface area contributed by atoms with E-state index in [-0.39, 0.29) is 12.6 Å². The summed E-state index contributed by atoms with van der Waals surface area (Å²) in [5.74, 6) is -1.82. The number of hydrogen-bond donors (Lipinski definition) is 1. The van der Waals surface area contributed by atoms with Gasteiger partial charge in [-0.25, -0.2) is 8.78 Å². The lowest BCUT2D eigenvalue weighted by molar-refractivity contribution is 0.0925. The van der Waals surface area contributed by atoms with Crippen molar-refractivity contribution in [2.75, 3.05) is 6.54 Å². The van der Waals surface area contributed by atoms with Crippen LogP contribution in [0.25, 0.3) is 11.1 Å². The van der Waals surface area contributed by atoms with Crippen molar-refractivity contribution in [1.82, 2.24) is 10.3 Å². The molecule has 0 fully saturated rings. The van der Waals surface area contributed by atoms with E-state index in [4.69, 9.17) is 4.74 Å². The molecule has 4 nitrogen and oxygen atoms in total. The topological polar surface area (TPSA) is 51.2 Å². The molecule has 1 N–H and O–H groups in total. The molecule has 0 saturated carbocycles. The molecule has 1 aliphatic rings. The third kappa shape index (κ3) is 3.38. The van der Waals surface area contributed by atoms with Gasteiger partial charge in [-0.3, -0.25) is 9.78 Å². The van der Waals surface area contributed by atoms with Crippen molar-refractivity contribution in [3.05, 3.63) is 83.7 Å². The number of nitrogens with zero attached hydrogens (tertiary/aromatic N) is 1. The van der Waals surface area contributed by atoms with Crippen LogP contribution in [0.1, 0.15) is 15.9 Å².